The zero-order valence-electron chi connectivity index (χ0n) is 24.2. The quantitative estimate of drug-likeness (QED) is 0.376. The summed E-state index contributed by atoms with van der Waals surface area (Å²) in [7, 11) is 0. The highest BCUT2D eigenvalue weighted by atomic mass is 19.4. The number of amides is 2. The molecular weight excluding hydrogens is 555 g/mol. The van der Waals surface area contributed by atoms with Crippen LogP contribution >= 0.6 is 0 Å². The van der Waals surface area contributed by atoms with Crippen LogP contribution in [0.25, 0.3) is 11.1 Å². The molecule has 0 radical (unpaired) electrons. The molecule has 1 aliphatic carbocycles. The van der Waals surface area contributed by atoms with E-state index in [-0.39, 0.29) is 29.8 Å². The Morgan fingerprint density at radius 1 is 1.07 bits per heavy atom. The molecule has 2 aliphatic heterocycles. The predicted molar refractivity (Wildman–Crippen MR) is 158 cm³/mol. The fourth-order valence-electron chi connectivity index (χ4n) is 6.43. The summed E-state index contributed by atoms with van der Waals surface area (Å²) in [4.78, 5) is 34.4. The van der Waals surface area contributed by atoms with Gasteiger partial charge in [0.15, 0.2) is 0 Å². The standard InChI is InChI=1S/C33H36F3N5O2/c1-21(22-3-5-23(6-4-22)29-14-27(33(34,35)36)10-9-25(29)15-37)39-30(42)26-13-28(17-38-16-26)41-19-32(20-41)11-2-12-40(18-32)31(43)24-7-8-24/h3-6,9-10,13-14,16-17,21,24H,2,7-8,11-12,15,18-20,37H2,1H3,(H,39,42)/t21-/m1/s1. The molecule has 1 atom stereocenters. The van der Waals surface area contributed by atoms with Gasteiger partial charge in [0.25, 0.3) is 5.91 Å². The number of alkyl halides is 3. The third kappa shape index (κ3) is 6.11. The zero-order chi connectivity index (χ0) is 30.4. The monoisotopic (exact) mass is 591 g/mol. The highest BCUT2D eigenvalue weighted by molar-refractivity contribution is 5.95. The van der Waals surface area contributed by atoms with E-state index in [0.29, 0.717) is 28.2 Å². The minimum atomic E-state index is -4.45. The second-order valence-corrected chi connectivity index (χ2v) is 12.3. The lowest BCUT2D eigenvalue weighted by Crippen LogP contribution is -2.64. The van der Waals surface area contributed by atoms with E-state index in [9.17, 15) is 22.8 Å². The van der Waals surface area contributed by atoms with Gasteiger partial charge in [0, 0.05) is 50.3 Å². The Balaban J connectivity index is 1.09. The van der Waals surface area contributed by atoms with Gasteiger partial charge >= 0.3 is 6.18 Å². The Kier molecular flexibility index (Phi) is 7.66. The van der Waals surface area contributed by atoms with Crippen molar-refractivity contribution in [2.45, 2.75) is 51.4 Å². The Hall–Kier alpha value is -3.92. The van der Waals surface area contributed by atoms with Gasteiger partial charge in [-0.15, -0.1) is 0 Å². The molecule has 2 aromatic carbocycles. The average Bonchev–Trinajstić information content (AvgIpc) is 3.84. The smallest absolute Gasteiger partial charge is 0.369 e. The van der Waals surface area contributed by atoms with Gasteiger partial charge < -0.3 is 20.9 Å². The van der Waals surface area contributed by atoms with Gasteiger partial charge in [-0.25, -0.2) is 0 Å². The molecule has 1 spiro atoms. The lowest BCUT2D eigenvalue weighted by molar-refractivity contribution is -0.138. The molecule has 0 unspecified atom stereocenters. The number of piperidine rings is 1. The second-order valence-electron chi connectivity index (χ2n) is 12.3. The van der Waals surface area contributed by atoms with Gasteiger partial charge in [-0.3, -0.25) is 14.6 Å². The van der Waals surface area contributed by atoms with Crippen molar-refractivity contribution in [1.82, 2.24) is 15.2 Å². The maximum Gasteiger partial charge on any atom is 0.416 e. The van der Waals surface area contributed by atoms with Crippen LogP contribution in [0.3, 0.4) is 0 Å². The normalized spacial score (nSPS) is 18.7. The predicted octanol–water partition coefficient (Wildman–Crippen LogP) is 5.56. The molecule has 226 valence electrons. The largest absolute Gasteiger partial charge is 0.416 e. The molecule has 43 heavy (non-hydrogen) atoms. The van der Waals surface area contributed by atoms with Crippen molar-refractivity contribution in [2.75, 3.05) is 31.1 Å². The van der Waals surface area contributed by atoms with E-state index in [1.807, 2.05) is 13.0 Å². The van der Waals surface area contributed by atoms with Gasteiger partial charge in [0.2, 0.25) is 5.91 Å². The Morgan fingerprint density at radius 2 is 1.81 bits per heavy atom. The second kappa shape index (κ2) is 11.3. The first-order chi connectivity index (χ1) is 20.5. The Labute approximate surface area is 249 Å². The van der Waals surface area contributed by atoms with Gasteiger partial charge in [-0.2, -0.15) is 13.2 Å². The summed E-state index contributed by atoms with van der Waals surface area (Å²) < 4.78 is 39.9. The molecule has 3 aromatic rings. The zero-order valence-corrected chi connectivity index (χ0v) is 24.2. The minimum absolute atomic E-state index is 0.112. The molecule has 1 saturated carbocycles. The van der Waals surface area contributed by atoms with Crippen molar-refractivity contribution in [3.05, 3.63) is 83.2 Å². The molecule has 1 aromatic heterocycles. The summed E-state index contributed by atoms with van der Waals surface area (Å²) in [5.74, 6) is 0.298. The summed E-state index contributed by atoms with van der Waals surface area (Å²) in [6.45, 7) is 5.32. The van der Waals surface area contributed by atoms with E-state index >= 15 is 0 Å². The van der Waals surface area contributed by atoms with Gasteiger partial charge in [-0.05, 0) is 73.1 Å². The molecule has 10 heteroatoms. The number of hydrogen-bond donors (Lipinski definition) is 2. The third-order valence-electron chi connectivity index (χ3n) is 9.03. The topological polar surface area (TPSA) is 91.6 Å². The van der Waals surface area contributed by atoms with Crippen LogP contribution in [0.15, 0.2) is 60.9 Å². The number of hydrogen-bond acceptors (Lipinski definition) is 5. The fraction of sp³-hybridized carbons (Fsp3) is 0.424. The maximum absolute atomic E-state index is 13.3. The molecule has 3 N–H and O–H groups in total. The summed E-state index contributed by atoms with van der Waals surface area (Å²) in [5, 5.41) is 3.01. The number of carbonyl (C=O) groups is 2. The first kappa shape index (κ1) is 29.2. The van der Waals surface area contributed by atoms with Crippen LogP contribution in [0, 0.1) is 11.3 Å². The summed E-state index contributed by atoms with van der Waals surface area (Å²) in [5.41, 5.74) is 9.01. The average molecular weight is 592 g/mol. The molecule has 3 fully saturated rings. The van der Waals surface area contributed by atoms with Crippen LogP contribution in [-0.2, 0) is 17.5 Å². The minimum Gasteiger partial charge on any atom is -0.369 e. The maximum atomic E-state index is 13.3. The number of nitrogens with two attached hydrogens (primary N) is 1. The van der Waals surface area contributed by atoms with Crippen LogP contribution in [0.5, 0.6) is 0 Å². The van der Waals surface area contributed by atoms with E-state index in [2.05, 4.69) is 20.1 Å². The van der Waals surface area contributed by atoms with Crippen molar-refractivity contribution in [2.24, 2.45) is 17.1 Å². The first-order valence-electron chi connectivity index (χ1n) is 14.9. The molecule has 7 nitrogen and oxygen atoms in total. The Bertz CT molecular complexity index is 1510. The number of pyridine rings is 1. The fourth-order valence-corrected chi connectivity index (χ4v) is 6.43. The lowest BCUT2D eigenvalue weighted by Gasteiger charge is -2.55. The number of carbonyl (C=O) groups excluding carboxylic acids is 2. The summed E-state index contributed by atoms with van der Waals surface area (Å²) >= 11 is 0. The van der Waals surface area contributed by atoms with Gasteiger partial charge in [-0.1, -0.05) is 30.3 Å². The van der Waals surface area contributed by atoms with E-state index < -0.39 is 11.7 Å². The summed E-state index contributed by atoms with van der Waals surface area (Å²) in [6, 6.07) is 12.2. The number of rotatable bonds is 7. The molecule has 0 bridgehead atoms. The summed E-state index contributed by atoms with van der Waals surface area (Å²) in [6.07, 6.45) is 3.04. The van der Waals surface area contributed by atoms with E-state index in [4.69, 9.17) is 5.73 Å². The van der Waals surface area contributed by atoms with Gasteiger partial charge in [0.05, 0.1) is 29.1 Å². The molecule has 3 aliphatic rings. The van der Waals surface area contributed by atoms with Crippen LogP contribution in [-0.4, -0.2) is 47.9 Å². The number of anilines is 1. The van der Waals surface area contributed by atoms with Crippen molar-refractivity contribution < 1.29 is 22.8 Å². The number of aromatic nitrogens is 1. The van der Waals surface area contributed by atoms with Crippen LogP contribution in [0.4, 0.5) is 18.9 Å². The van der Waals surface area contributed by atoms with Crippen molar-refractivity contribution in [3.8, 4) is 11.1 Å². The lowest BCUT2D eigenvalue weighted by atomic mass is 9.73. The van der Waals surface area contributed by atoms with Crippen molar-refractivity contribution in [3.63, 3.8) is 0 Å². The number of nitrogens with zero attached hydrogens (tertiary/aromatic N) is 3. The van der Waals surface area contributed by atoms with Crippen LogP contribution in [0.1, 0.15) is 65.7 Å². The first-order valence-corrected chi connectivity index (χ1v) is 14.9. The molecule has 3 heterocycles. The molecule has 2 saturated heterocycles. The van der Waals surface area contributed by atoms with Gasteiger partial charge in [0.1, 0.15) is 0 Å². The van der Waals surface area contributed by atoms with E-state index in [1.54, 1.807) is 36.7 Å². The van der Waals surface area contributed by atoms with E-state index in [1.165, 1.54) is 6.07 Å². The third-order valence-corrected chi connectivity index (χ3v) is 9.03. The Morgan fingerprint density at radius 3 is 2.49 bits per heavy atom. The van der Waals surface area contributed by atoms with Crippen LogP contribution < -0.4 is 16.0 Å². The highest BCUT2D eigenvalue weighted by Gasteiger charge is 2.48. The number of halogens is 3. The highest BCUT2D eigenvalue weighted by Crippen LogP contribution is 2.43. The number of benzene rings is 2. The molecule has 6 rings (SSSR count). The van der Waals surface area contributed by atoms with Crippen LogP contribution in [0.2, 0.25) is 0 Å². The SMILES string of the molecule is C[C@@H](NC(=O)c1cncc(N2CC3(CCCN(C(=O)C4CC4)C3)C2)c1)c1ccc(-c2cc(C(F)(F)F)ccc2CN)cc1. The van der Waals surface area contributed by atoms with Crippen molar-refractivity contribution >= 4 is 17.5 Å². The molecule has 2 amide bonds. The number of likely N-dealkylation sites (tertiary alicyclic amines) is 1. The number of nitrogens with one attached hydrogen (secondary N) is 1. The van der Waals surface area contributed by atoms with E-state index in [0.717, 1.165) is 75.2 Å². The van der Waals surface area contributed by atoms with Crippen molar-refractivity contribution in [1.29, 1.82) is 0 Å². The molecular formula is C33H36F3N5O2.